The zero-order valence-corrected chi connectivity index (χ0v) is 15.3. The second kappa shape index (κ2) is 10.4. The molecule has 0 aromatic rings. The van der Waals surface area contributed by atoms with Crippen LogP contribution in [0, 0.1) is 0 Å². The summed E-state index contributed by atoms with van der Waals surface area (Å²) in [6.07, 6.45) is 12.4. The quantitative estimate of drug-likeness (QED) is 0.544. The summed E-state index contributed by atoms with van der Waals surface area (Å²) >= 11 is 0. The SMILES string of the molecule is CC(C)=CCCC(C)=CCCC(C)=CC(=O)N1CCCCC1O. The van der Waals surface area contributed by atoms with Gasteiger partial charge in [0.2, 0.25) is 5.91 Å². The highest BCUT2D eigenvalue weighted by Gasteiger charge is 2.23. The molecule has 130 valence electrons. The van der Waals surface area contributed by atoms with Crippen LogP contribution >= 0.6 is 0 Å². The lowest BCUT2D eigenvalue weighted by atomic mass is 10.1. The van der Waals surface area contributed by atoms with Crippen LogP contribution in [0.3, 0.4) is 0 Å². The van der Waals surface area contributed by atoms with E-state index < -0.39 is 6.23 Å². The number of carbonyl (C=O) groups excluding carboxylic acids is 1. The Bertz CT molecular complexity index is 470. The normalized spacial score (nSPS) is 19.7. The first-order valence-corrected chi connectivity index (χ1v) is 8.85. The minimum atomic E-state index is -0.600. The number of carbonyl (C=O) groups is 1. The molecule has 0 bridgehead atoms. The van der Waals surface area contributed by atoms with Crippen molar-refractivity contribution in [1.29, 1.82) is 0 Å². The van der Waals surface area contributed by atoms with E-state index in [0.29, 0.717) is 13.0 Å². The number of piperidine rings is 1. The van der Waals surface area contributed by atoms with Gasteiger partial charge < -0.3 is 10.0 Å². The molecule has 1 heterocycles. The largest absolute Gasteiger partial charge is 0.374 e. The summed E-state index contributed by atoms with van der Waals surface area (Å²) in [5.74, 6) is -0.0426. The van der Waals surface area contributed by atoms with Crippen molar-refractivity contribution in [2.75, 3.05) is 6.54 Å². The number of hydrogen-bond donors (Lipinski definition) is 1. The highest BCUT2D eigenvalue weighted by molar-refractivity contribution is 5.88. The van der Waals surface area contributed by atoms with Crippen molar-refractivity contribution in [3.8, 4) is 0 Å². The Kier molecular flexibility index (Phi) is 8.93. The van der Waals surface area contributed by atoms with Crippen LogP contribution in [-0.2, 0) is 4.79 Å². The summed E-state index contributed by atoms with van der Waals surface area (Å²) in [7, 11) is 0. The fourth-order valence-corrected chi connectivity index (χ4v) is 2.77. The molecule has 0 spiro atoms. The van der Waals surface area contributed by atoms with E-state index in [9.17, 15) is 9.90 Å². The lowest BCUT2D eigenvalue weighted by molar-refractivity contribution is -0.138. The molecule has 1 saturated heterocycles. The fourth-order valence-electron chi connectivity index (χ4n) is 2.77. The van der Waals surface area contributed by atoms with E-state index in [1.54, 1.807) is 11.0 Å². The van der Waals surface area contributed by atoms with Gasteiger partial charge in [-0.3, -0.25) is 4.79 Å². The minimum Gasteiger partial charge on any atom is -0.374 e. The Balaban J connectivity index is 2.38. The van der Waals surface area contributed by atoms with Gasteiger partial charge in [-0.2, -0.15) is 0 Å². The summed E-state index contributed by atoms with van der Waals surface area (Å²) in [4.78, 5) is 13.8. The van der Waals surface area contributed by atoms with E-state index in [1.807, 2.05) is 6.92 Å². The van der Waals surface area contributed by atoms with Crippen molar-refractivity contribution >= 4 is 5.91 Å². The van der Waals surface area contributed by atoms with E-state index in [4.69, 9.17) is 0 Å². The van der Waals surface area contributed by atoms with E-state index in [0.717, 1.165) is 44.1 Å². The molecule has 1 aliphatic rings. The molecule has 0 aliphatic carbocycles. The van der Waals surface area contributed by atoms with Crippen molar-refractivity contribution < 1.29 is 9.90 Å². The predicted molar refractivity (Wildman–Crippen MR) is 97.0 cm³/mol. The maximum atomic E-state index is 12.2. The molecule has 0 radical (unpaired) electrons. The smallest absolute Gasteiger partial charge is 0.248 e. The highest BCUT2D eigenvalue weighted by Crippen LogP contribution is 2.17. The van der Waals surface area contributed by atoms with Crippen molar-refractivity contribution in [2.24, 2.45) is 0 Å². The van der Waals surface area contributed by atoms with Crippen molar-refractivity contribution in [3.63, 3.8) is 0 Å². The first kappa shape index (κ1) is 19.7. The van der Waals surface area contributed by atoms with Gasteiger partial charge in [-0.05, 0) is 72.6 Å². The summed E-state index contributed by atoms with van der Waals surface area (Å²) in [5, 5.41) is 9.88. The number of aliphatic hydroxyl groups is 1. The van der Waals surface area contributed by atoms with E-state index in [2.05, 4.69) is 32.9 Å². The molecular formula is C20H33NO2. The molecule has 1 N–H and O–H groups in total. The zero-order chi connectivity index (χ0) is 17.2. The van der Waals surface area contributed by atoms with Gasteiger partial charge in [-0.15, -0.1) is 0 Å². The average Bonchev–Trinajstić information content (AvgIpc) is 2.47. The van der Waals surface area contributed by atoms with Crippen LogP contribution in [0.4, 0.5) is 0 Å². The zero-order valence-electron chi connectivity index (χ0n) is 15.3. The van der Waals surface area contributed by atoms with Crippen LogP contribution in [0.25, 0.3) is 0 Å². The lowest BCUT2D eigenvalue weighted by Gasteiger charge is -2.31. The van der Waals surface area contributed by atoms with Crippen LogP contribution < -0.4 is 0 Å². The molecular weight excluding hydrogens is 286 g/mol. The van der Waals surface area contributed by atoms with Crippen molar-refractivity contribution in [1.82, 2.24) is 4.90 Å². The Hall–Kier alpha value is -1.35. The third-order valence-corrected chi connectivity index (χ3v) is 4.25. The number of amides is 1. The third-order valence-electron chi connectivity index (χ3n) is 4.25. The molecule has 0 aromatic carbocycles. The number of nitrogens with zero attached hydrogens (tertiary/aromatic N) is 1. The van der Waals surface area contributed by atoms with Crippen LogP contribution in [0.15, 0.2) is 34.9 Å². The minimum absolute atomic E-state index is 0.0426. The maximum absolute atomic E-state index is 12.2. The Labute approximate surface area is 141 Å². The third kappa shape index (κ3) is 8.17. The second-order valence-electron chi connectivity index (χ2n) is 6.91. The van der Waals surface area contributed by atoms with Gasteiger partial charge in [0.1, 0.15) is 6.23 Å². The number of aliphatic hydroxyl groups excluding tert-OH is 1. The second-order valence-corrected chi connectivity index (χ2v) is 6.91. The average molecular weight is 319 g/mol. The number of likely N-dealkylation sites (tertiary alicyclic amines) is 1. The van der Waals surface area contributed by atoms with Crippen LogP contribution in [0.1, 0.15) is 72.6 Å². The highest BCUT2D eigenvalue weighted by atomic mass is 16.3. The van der Waals surface area contributed by atoms with Gasteiger partial charge in [0, 0.05) is 12.6 Å². The van der Waals surface area contributed by atoms with Crippen molar-refractivity contribution in [2.45, 2.75) is 78.9 Å². The van der Waals surface area contributed by atoms with Gasteiger partial charge in [-0.1, -0.05) is 28.9 Å². The van der Waals surface area contributed by atoms with E-state index >= 15 is 0 Å². The van der Waals surface area contributed by atoms with Gasteiger partial charge in [0.25, 0.3) is 0 Å². The summed E-state index contributed by atoms with van der Waals surface area (Å²) in [6, 6.07) is 0. The first-order valence-electron chi connectivity index (χ1n) is 8.85. The van der Waals surface area contributed by atoms with Crippen LogP contribution in [0.2, 0.25) is 0 Å². The van der Waals surface area contributed by atoms with Crippen LogP contribution in [0.5, 0.6) is 0 Å². The molecule has 23 heavy (non-hydrogen) atoms. The Morgan fingerprint density at radius 2 is 1.70 bits per heavy atom. The molecule has 3 heteroatoms. The maximum Gasteiger partial charge on any atom is 0.248 e. The molecule has 0 aromatic heterocycles. The Morgan fingerprint density at radius 1 is 1.04 bits per heavy atom. The number of allylic oxidation sites excluding steroid dienone is 5. The molecule has 1 rings (SSSR count). The lowest BCUT2D eigenvalue weighted by Crippen LogP contribution is -2.42. The molecule has 1 atom stereocenters. The molecule has 0 saturated carbocycles. The molecule has 1 unspecified atom stereocenters. The standard InChI is InChI=1S/C20H33NO2/c1-16(2)9-7-10-17(3)11-8-12-18(4)15-20(23)21-14-6-5-13-19(21)22/h9,11,15,19,22H,5-8,10,12-14H2,1-4H3. The first-order chi connectivity index (χ1) is 10.9. The van der Waals surface area contributed by atoms with Crippen LogP contribution in [-0.4, -0.2) is 28.7 Å². The molecule has 1 aliphatic heterocycles. The molecule has 1 fully saturated rings. The van der Waals surface area contributed by atoms with Gasteiger partial charge in [-0.25, -0.2) is 0 Å². The molecule has 3 nitrogen and oxygen atoms in total. The fraction of sp³-hybridized carbons (Fsp3) is 0.650. The van der Waals surface area contributed by atoms with Gasteiger partial charge in [0.05, 0.1) is 0 Å². The Morgan fingerprint density at radius 3 is 2.35 bits per heavy atom. The summed E-state index contributed by atoms with van der Waals surface area (Å²) < 4.78 is 0. The number of rotatable bonds is 7. The van der Waals surface area contributed by atoms with Gasteiger partial charge in [0.15, 0.2) is 0 Å². The predicted octanol–water partition coefficient (Wildman–Crippen LogP) is 4.74. The van der Waals surface area contributed by atoms with Crippen molar-refractivity contribution in [3.05, 3.63) is 34.9 Å². The summed E-state index contributed by atoms with van der Waals surface area (Å²) in [5.41, 5.74) is 3.86. The van der Waals surface area contributed by atoms with E-state index in [1.165, 1.54) is 11.1 Å². The number of hydrogen-bond acceptors (Lipinski definition) is 2. The summed E-state index contributed by atoms with van der Waals surface area (Å²) in [6.45, 7) is 9.10. The van der Waals surface area contributed by atoms with E-state index in [-0.39, 0.29) is 5.91 Å². The molecule has 1 amide bonds. The topological polar surface area (TPSA) is 40.5 Å². The monoisotopic (exact) mass is 319 g/mol. The van der Waals surface area contributed by atoms with Gasteiger partial charge >= 0.3 is 0 Å².